The second-order valence-electron chi connectivity index (χ2n) is 3.11. The van der Waals surface area contributed by atoms with Crippen molar-refractivity contribution in [2.24, 2.45) is 0 Å². The first-order valence-electron chi connectivity index (χ1n) is 4.09. The Balaban J connectivity index is 3.10. The molecule has 0 aliphatic heterocycles. The minimum atomic E-state index is -0.327. The molecule has 0 aliphatic carbocycles. The highest BCUT2D eigenvalue weighted by molar-refractivity contribution is 7.96. The summed E-state index contributed by atoms with van der Waals surface area (Å²) in [6.07, 6.45) is 0. The number of hydrogen-bond acceptors (Lipinski definition) is 1. The van der Waals surface area contributed by atoms with Gasteiger partial charge in [-0.25, -0.2) is 0 Å². The van der Waals surface area contributed by atoms with E-state index in [4.69, 9.17) is 0 Å². The van der Waals surface area contributed by atoms with Crippen LogP contribution < -0.4 is 5.32 Å². The second kappa shape index (κ2) is 3.83. The number of amides is 1. The van der Waals surface area contributed by atoms with Crippen molar-refractivity contribution in [1.29, 1.82) is 0 Å². The van der Waals surface area contributed by atoms with Gasteiger partial charge >= 0.3 is 0 Å². The fourth-order valence-corrected chi connectivity index (χ4v) is 1.33. The van der Waals surface area contributed by atoms with Gasteiger partial charge in [0.25, 0.3) is 5.24 Å². The monoisotopic (exact) mass is 195 g/mol. The van der Waals surface area contributed by atoms with E-state index in [1.54, 1.807) is 0 Å². The lowest BCUT2D eigenvalue weighted by molar-refractivity contribution is 0.270. The molecular weight excluding hydrogens is 182 g/mol. The Hall–Kier alpha value is -0.960. The van der Waals surface area contributed by atoms with E-state index < -0.39 is 0 Å². The van der Waals surface area contributed by atoms with Crippen molar-refractivity contribution in [2.45, 2.75) is 20.8 Å². The van der Waals surface area contributed by atoms with Crippen molar-refractivity contribution in [2.75, 3.05) is 5.32 Å². The maximum atomic E-state index is 10.7. The summed E-state index contributed by atoms with van der Waals surface area (Å²) in [6.45, 7) is 6.08. The maximum absolute atomic E-state index is 10.7. The van der Waals surface area contributed by atoms with Gasteiger partial charge in [0.15, 0.2) is 0 Å². The van der Waals surface area contributed by atoms with Gasteiger partial charge in [-0.05, 0) is 43.5 Å². The third-order valence-corrected chi connectivity index (χ3v) is 2.41. The van der Waals surface area contributed by atoms with Crippen molar-refractivity contribution < 1.29 is 4.79 Å². The van der Waals surface area contributed by atoms with Crippen LogP contribution in [0, 0.1) is 20.8 Å². The minimum absolute atomic E-state index is 0.327. The van der Waals surface area contributed by atoms with Crippen LogP contribution in [0.25, 0.3) is 0 Å². The molecule has 1 amide bonds. The lowest BCUT2D eigenvalue weighted by Crippen LogP contribution is -2.04. The molecule has 0 heterocycles. The second-order valence-corrected chi connectivity index (χ2v) is 3.52. The third kappa shape index (κ3) is 2.25. The first-order valence-corrected chi connectivity index (χ1v) is 4.54. The average molecular weight is 195 g/mol. The van der Waals surface area contributed by atoms with Crippen LogP contribution in [0.2, 0.25) is 0 Å². The third-order valence-electron chi connectivity index (χ3n) is 2.30. The molecule has 0 atom stereocenters. The molecule has 3 heteroatoms. The topological polar surface area (TPSA) is 29.1 Å². The quantitative estimate of drug-likeness (QED) is 0.662. The lowest BCUT2D eigenvalue weighted by Gasteiger charge is -2.10. The zero-order valence-electron chi connectivity index (χ0n) is 8.01. The van der Waals surface area contributed by atoms with Gasteiger partial charge in [-0.1, -0.05) is 18.7 Å². The number of thiol groups is 1. The molecular formula is C10H13NOS. The Labute approximate surface area is 83.8 Å². The fraction of sp³-hybridized carbons (Fsp3) is 0.300. The van der Waals surface area contributed by atoms with Crippen LogP contribution in [-0.2, 0) is 0 Å². The van der Waals surface area contributed by atoms with E-state index in [0.29, 0.717) is 0 Å². The molecule has 1 N–H and O–H groups in total. The molecule has 0 bridgehead atoms. The summed E-state index contributed by atoms with van der Waals surface area (Å²) in [6, 6.07) is 3.88. The van der Waals surface area contributed by atoms with Gasteiger partial charge in [0, 0.05) is 5.69 Å². The zero-order chi connectivity index (χ0) is 10.0. The Bertz CT molecular complexity index is 347. The summed E-state index contributed by atoms with van der Waals surface area (Å²) in [5.41, 5.74) is 4.37. The molecule has 0 radical (unpaired) electrons. The van der Waals surface area contributed by atoms with Crippen molar-refractivity contribution in [3.63, 3.8) is 0 Å². The highest BCUT2D eigenvalue weighted by Crippen LogP contribution is 2.21. The molecule has 0 unspecified atom stereocenters. The lowest BCUT2D eigenvalue weighted by atomic mass is 10.0. The van der Waals surface area contributed by atoms with Crippen molar-refractivity contribution in [3.05, 3.63) is 28.8 Å². The SMILES string of the molecule is Cc1ccc(NC(=O)S)c(C)c1C. The summed E-state index contributed by atoms with van der Waals surface area (Å²) in [4.78, 5) is 10.7. The number of benzene rings is 1. The molecule has 0 aromatic heterocycles. The molecule has 70 valence electrons. The largest absolute Gasteiger partial charge is 0.317 e. The molecule has 13 heavy (non-hydrogen) atoms. The van der Waals surface area contributed by atoms with E-state index in [-0.39, 0.29) is 5.24 Å². The molecule has 0 saturated carbocycles. The highest BCUT2D eigenvalue weighted by atomic mass is 32.1. The van der Waals surface area contributed by atoms with E-state index >= 15 is 0 Å². The van der Waals surface area contributed by atoms with E-state index in [0.717, 1.165) is 11.3 Å². The number of anilines is 1. The van der Waals surface area contributed by atoms with Gasteiger partial charge in [0.05, 0.1) is 0 Å². The van der Waals surface area contributed by atoms with Gasteiger partial charge in [0.1, 0.15) is 0 Å². The smallest absolute Gasteiger partial charge is 0.280 e. The Kier molecular flexibility index (Phi) is 2.98. The van der Waals surface area contributed by atoms with Crippen LogP contribution in [0.15, 0.2) is 12.1 Å². The summed E-state index contributed by atoms with van der Waals surface area (Å²) in [7, 11) is 0. The molecule has 2 nitrogen and oxygen atoms in total. The Morgan fingerprint density at radius 2 is 1.85 bits per heavy atom. The van der Waals surface area contributed by atoms with Gasteiger partial charge in [-0.15, -0.1) is 0 Å². The molecule has 1 rings (SSSR count). The van der Waals surface area contributed by atoms with Crippen LogP contribution in [0.5, 0.6) is 0 Å². The molecule has 0 aliphatic rings. The maximum Gasteiger partial charge on any atom is 0.280 e. The summed E-state index contributed by atoms with van der Waals surface area (Å²) in [5.74, 6) is 0. The predicted octanol–water partition coefficient (Wildman–Crippen LogP) is 3.07. The number of nitrogens with one attached hydrogen (secondary N) is 1. The summed E-state index contributed by atoms with van der Waals surface area (Å²) in [5, 5.41) is 2.34. The number of carbonyl (C=O) groups excluding carboxylic acids is 1. The van der Waals surface area contributed by atoms with Crippen LogP contribution in [0.3, 0.4) is 0 Å². The van der Waals surface area contributed by atoms with Crippen LogP contribution in [0.1, 0.15) is 16.7 Å². The van der Waals surface area contributed by atoms with E-state index in [1.807, 2.05) is 26.0 Å². The molecule has 1 aromatic rings. The summed E-state index contributed by atoms with van der Waals surface area (Å²) < 4.78 is 0. The van der Waals surface area contributed by atoms with Gasteiger partial charge in [-0.2, -0.15) is 0 Å². The Morgan fingerprint density at radius 3 is 2.38 bits per heavy atom. The number of hydrogen-bond donors (Lipinski definition) is 2. The molecule has 0 spiro atoms. The van der Waals surface area contributed by atoms with Crippen molar-refractivity contribution >= 4 is 23.6 Å². The van der Waals surface area contributed by atoms with Crippen molar-refractivity contribution in [1.82, 2.24) is 0 Å². The zero-order valence-corrected chi connectivity index (χ0v) is 8.90. The number of aryl methyl sites for hydroxylation is 1. The fourth-order valence-electron chi connectivity index (χ4n) is 1.21. The molecule has 0 fully saturated rings. The van der Waals surface area contributed by atoms with E-state index in [2.05, 4.69) is 24.9 Å². The minimum Gasteiger partial charge on any atom is -0.317 e. The number of carbonyl (C=O) groups is 1. The first kappa shape index (κ1) is 10.1. The van der Waals surface area contributed by atoms with E-state index in [9.17, 15) is 4.79 Å². The molecule has 1 aromatic carbocycles. The predicted molar refractivity (Wildman–Crippen MR) is 58.7 cm³/mol. The van der Waals surface area contributed by atoms with E-state index in [1.165, 1.54) is 11.1 Å². The van der Waals surface area contributed by atoms with Crippen LogP contribution in [0.4, 0.5) is 10.5 Å². The van der Waals surface area contributed by atoms with Gasteiger partial charge < -0.3 is 5.32 Å². The average Bonchev–Trinajstić information content (AvgIpc) is 2.06. The first-order chi connectivity index (χ1) is 6.02. The van der Waals surface area contributed by atoms with Gasteiger partial charge in [0.2, 0.25) is 0 Å². The summed E-state index contributed by atoms with van der Waals surface area (Å²) >= 11 is 3.67. The standard InChI is InChI=1S/C10H13NOS/c1-6-4-5-9(11-10(12)13)8(3)7(6)2/h4-5H,1-3H3,(H2,11,12,13). The molecule has 0 saturated heterocycles. The normalized spacial score (nSPS) is 9.85. The van der Waals surface area contributed by atoms with Crippen LogP contribution in [-0.4, -0.2) is 5.24 Å². The van der Waals surface area contributed by atoms with Gasteiger partial charge in [-0.3, -0.25) is 4.79 Å². The van der Waals surface area contributed by atoms with Crippen LogP contribution >= 0.6 is 12.6 Å². The van der Waals surface area contributed by atoms with Crippen molar-refractivity contribution in [3.8, 4) is 0 Å². The number of rotatable bonds is 1. The highest BCUT2D eigenvalue weighted by Gasteiger charge is 2.04. The Morgan fingerprint density at radius 1 is 1.23 bits per heavy atom.